The topological polar surface area (TPSA) is 47.3 Å². The maximum atomic E-state index is 13.9. The maximum Gasteiger partial charge on any atom is 0.131 e. The van der Waals surface area contributed by atoms with Crippen LogP contribution in [-0.2, 0) is 0 Å². The van der Waals surface area contributed by atoms with E-state index in [2.05, 4.69) is 21.4 Å². The molecule has 0 saturated heterocycles. The summed E-state index contributed by atoms with van der Waals surface area (Å²) >= 11 is 3.39. The molecule has 3 nitrogen and oxygen atoms in total. The summed E-state index contributed by atoms with van der Waals surface area (Å²) in [5.74, 6) is 4.85. The lowest BCUT2D eigenvalue weighted by atomic mass is 9.98. The van der Waals surface area contributed by atoms with E-state index in [9.17, 15) is 8.78 Å². The lowest BCUT2D eigenvalue weighted by Crippen LogP contribution is -2.29. The number of nitrogens with two attached hydrogens (primary N) is 1. The van der Waals surface area contributed by atoms with E-state index < -0.39 is 17.7 Å². The van der Waals surface area contributed by atoms with Crippen LogP contribution in [0.1, 0.15) is 17.2 Å². The van der Waals surface area contributed by atoms with Gasteiger partial charge in [0, 0.05) is 16.1 Å². The smallest absolute Gasteiger partial charge is 0.131 e. The minimum atomic E-state index is -0.664. The van der Waals surface area contributed by atoms with Gasteiger partial charge in [0.25, 0.3) is 0 Å². The number of ether oxygens (including phenoxy) is 1. The molecule has 20 heavy (non-hydrogen) atoms. The third-order valence-corrected chi connectivity index (χ3v) is 3.68. The third kappa shape index (κ3) is 2.98. The van der Waals surface area contributed by atoms with Crippen LogP contribution in [0.3, 0.4) is 0 Å². The van der Waals surface area contributed by atoms with Crippen LogP contribution in [0.5, 0.6) is 5.75 Å². The number of hydrogen-bond acceptors (Lipinski definition) is 3. The zero-order valence-corrected chi connectivity index (χ0v) is 12.2. The molecule has 0 aliphatic heterocycles. The molecular weight excluding hydrogens is 330 g/mol. The summed E-state index contributed by atoms with van der Waals surface area (Å²) in [5, 5.41) is 0. The van der Waals surface area contributed by atoms with Crippen LogP contribution in [0.4, 0.5) is 8.78 Å². The van der Waals surface area contributed by atoms with Gasteiger partial charge in [-0.05, 0) is 29.8 Å². The second kappa shape index (κ2) is 6.30. The highest BCUT2D eigenvalue weighted by Gasteiger charge is 2.20. The molecule has 0 saturated carbocycles. The second-order valence-corrected chi connectivity index (χ2v) is 5.01. The molecule has 0 heterocycles. The largest absolute Gasteiger partial charge is 0.497 e. The quantitative estimate of drug-likeness (QED) is 0.662. The Kier molecular flexibility index (Phi) is 4.69. The fourth-order valence-electron chi connectivity index (χ4n) is 1.95. The third-order valence-electron chi connectivity index (χ3n) is 2.95. The fourth-order valence-corrected chi connectivity index (χ4v) is 2.43. The molecule has 2 aromatic rings. The van der Waals surface area contributed by atoms with Gasteiger partial charge in [-0.2, -0.15) is 0 Å². The zero-order chi connectivity index (χ0) is 14.7. The number of benzene rings is 2. The van der Waals surface area contributed by atoms with Crippen molar-refractivity contribution < 1.29 is 13.5 Å². The minimum Gasteiger partial charge on any atom is -0.497 e. The van der Waals surface area contributed by atoms with Crippen molar-refractivity contribution in [2.75, 3.05) is 7.11 Å². The number of hydrazine groups is 1. The van der Waals surface area contributed by atoms with Gasteiger partial charge in [-0.1, -0.05) is 22.0 Å². The van der Waals surface area contributed by atoms with Crippen LogP contribution in [-0.4, -0.2) is 7.11 Å². The molecular formula is C14H13BrF2N2O. The van der Waals surface area contributed by atoms with E-state index in [-0.39, 0.29) is 5.56 Å². The Morgan fingerprint density at radius 1 is 1.15 bits per heavy atom. The van der Waals surface area contributed by atoms with E-state index in [4.69, 9.17) is 10.6 Å². The van der Waals surface area contributed by atoms with Crippen molar-refractivity contribution in [1.29, 1.82) is 0 Å². The molecule has 2 aromatic carbocycles. The molecule has 0 aliphatic rings. The summed E-state index contributed by atoms with van der Waals surface area (Å²) in [4.78, 5) is 0. The standard InChI is InChI=1S/C14H13BrF2N2O/c1-20-9-3-5-12(15)11(7-9)14(19-18)10-4-2-8(16)6-13(10)17/h2-7,14,19H,18H2,1H3. The Hall–Kier alpha value is -1.50. The number of halogens is 3. The molecule has 3 N–H and O–H groups in total. The van der Waals surface area contributed by atoms with Crippen LogP contribution >= 0.6 is 15.9 Å². The Bertz CT molecular complexity index is 622. The van der Waals surface area contributed by atoms with E-state index in [1.54, 1.807) is 18.2 Å². The molecule has 1 unspecified atom stereocenters. The maximum absolute atomic E-state index is 13.9. The lowest BCUT2D eigenvalue weighted by Gasteiger charge is -2.19. The molecule has 0 fully saturated rings. The Morgan fingerprint density at radius 2 is 1.90 bits per heavy atom. The van der Waals surface area contributed by atoms with Gasteiger partial charge < -0.3 is 4.74 Å². The van der Waals surface area contributed by atoms with Gasteiger partial charge in [-0.3, -0.25) is 5.84 Å². The molecule has 0 spiro atoms. The first-order valence-electron chi connectivity index (χ1n) is 5.81. The zero-order valence-electron chi connectivity index (χ0n) is 10.7. The van der Waals surface area contributed by atoms with Crippen LogP contribution < -0.4 is 16.0 Å². The predicted octanol–water partition coefficient (Wildman–Crippen LogP) is 3.29. The summed E-state index contributed by atoms with van der Waals surface area (Å²) in [7, 11) is 1.54. The Balaban J connectivity index is 2.51. The minimum absolute atomic E-state index is 0.253. The molecule has 2 rings (SSSR count). The van der Waals surface area contributed by atoms with Crippen molar-refractivity contribution in [3.63, 3.8) is 0 Å². The molecule has 0 aliphatic carbocycles. The van der Waals surface area contributed by atoms with Crippen molar-refractivity contribution in [2.45, 2.75) is 6.04 Å². The molecule has 6 heteroatoms. The molecule has 0 aromatic heterocycles. The van der Waals surface area contributed by atoms with E-state index >= 15 is 0 Å². The average molecular weight is 343 g/mol. The van der Waals surface area contributed by atoms with Gasteiger partial charge in [-0.25, -0.2) is 14.2 Å². The number of rotatable bonds is 4. The van der Waals surface area contributed by atoms with Gasteiger partial charge >= 0.3 is 0 Å². The summed E-state index contributed by atoms with van der Waals surface area (Å²) in [6.45, 7) is 0. The normalized spacial score (nSPS) is 12.2. The summed E-state index contributed by atoms with van der Waals surface area (Å²) in [6, 6.07) is 8.03. The van der Waals surface area contributed by atoms with Crippen LogP contribution in [0.25, 0.3) is 0 Å². The van der Waals surface area contributed by atoms with Crippen molar-refractivity contribution in [3.8, 4) is 5.75 Å². The Labute approximate surface area is 123 Å². The van der Waals surface area contributed by atoms with E-state index in [1.807, 2.05) is 0 Å². The highest BCUT2D eigenvalue weighted by atomic mass is 79.9. The van der Waals surface area contributed by atoms with Gasteiger partial charge in [-0.15, -0.1) is 0 Å². The second-order valence-electron chi connectivity index (χ2n) is 4.15. The van der Waals surface area contributed by atoms with Crippen molar-refractivity contribution in [3.05, 3.63) is 63.6 Å². The van der Waals surface area contributed by atoms with Gasteiger partial charge in [0.1, 0.15) is 17.4 Å². The van der Waals surface area contributed by atoms with E-state index in [0.29, 0.717) is 11.3 Å². The predicted molar refractivity (Wildman–Crippen MR) is 76.2 cm³/mol. The highest BCUT2D eigenvalue weighted by molar-refractivity contribution is 9.10. The van der Waals surface area contributed by atoms with Crippen LogP contribution in [0, 0.1) is 11.6 Å². The highest BCUT2D eigenvalue weighted by Crippen LogP contribution is 2.32. The van der Waals surface area contributed by atoms with Crippen LogP contribution in [0.15, 0.2) is 40.9 Å². The van der Waals surface area contributed by atoms with Crippen molar-refractivity contribution >= 4 is 15.9 Å². The Morgan fingerprint density at radius 3 is 2.50 bits per heavy atom. The number of methoxy groups -OCH3 is 1. The molecule has 0 radical (unpaired) electrons. The molecule has 0 amide bonds. The summed E-state index contributed by atoms with van der Waals surface area (Å²) in [6.07, 6.45) is 0. The summed E-state index contributed by atoms with van der Waals surface area (Å²) in [5.41, 5.74) is 3.48. The van der Waals surface area contributed by atoms with Crippen molar-refractivity contribution in [1.82, 2.24) is 5.43 Å². The summed E-state index contributed by atoms with van der Waals surface area (Å²) < 4.78 is 32.8. The van der Waals surface area contributed by atoms with E-state index in [1.165, 1.54) is 19.2 Å². The van der Waals surface area contributed by atoms with Gasteiger partial charge in [0.15, 0.2) is 0 Å². The number of hydrogen-bond donors (Lipinski definition) is 2. The first kappa shape index (κ1) is 14.9. The molecule has 1 atom stereocenters. The number of nitrogens with one attached hydrogen (secondary N) is 1. The van der Waals surface area contributed by atoms with Gasteiger partial charge in [0.2, 0.25) is 0 Å². The molecule has 0 bridgehead atoms. The van der Waals surface area contributed by atoms with Gasteiger partial charge in [0.05, 0.1) is 13.2 Å². The SMILES string of the molecule is COc1ccc(Br)c(C(NN)c2ccc(F)cc2F)c1. The average Bonchev–Trinajstić information content (AvgIpc) is 2.43. The van der Waals surface area contributed by atoms with Crippen molar-refractivity contribution in [2.24, 2.45) is 5.84 Å². The van der Waals surface area contributed by atoms with E-state index in [0.717, 1.165) is 10.5 Å². The lowest BCUT2D eigenvalue weighted by molar-refractivity contribution is 0.413. The fraction of sp³-hybridized carbons (Fsp3) is 0.143. The molecule has 106 valence electrons. The first-order chi connectivity index (χ1) is 9.56. The first-order valence-corrected chi connectivity index (χ1v) is 6.60. The monoisotopic (exact) mass is 342 g/mol. The van der Waals surface area contributed by atoms with Crippen LogP contribution in [0.2, 0.25) is 0 Å².